The molecule has 2 N–H and O–H groups in total. The average Bonchev–Trinajstić information content (AvgIpc) is 3.13. The molecule has 3 rings (SSSR count). The Morgan fingerprint density at radius 1 is 1.41 bits per heavy atom. The van der Waals surface area contributed by atoms with Gasteiger partial charge >= 0.3 is 6.03 Å². The van der Waals surface area contributed by atoms with Crippen molar-refractivity contribution < 1.29 is 14.3 Å². The van der Waals surface area contributed by atoms with Crippen LogP contribution in [0.2, 0.25) is 0 Å². The minimum Gasteiger partial charge on any atom is -0.490 e. The van der Waals surface area contributed by atoms with Crippen molar-refractivity contribution in [2.75, 3.05) is 23.4 Å². The molecule has 7 heteroatoms. The van der Waals surface area contributed by atoms with Crippen LogP contribution in [0.15, 0.2) is 48.4 Å². The summed E-state index contributed by atoms with van der Waals surface area (Å²) in [6, 6.07) is 8.89. The summed E-state index contributed by atoms with van der Waals surface area (Å²) in [7, 11) is 0. The van der Waals surface area contributed by atoms with Gasteiger partial charge in [-0.05, 0) is 43.5 Å². The second-order valence-corrected chi connectivity index (χ2v) is 7.98. The predicted octanol–water partition coefficient (Wildman–Crippen LogP) is 4.01. The largest absolute Gasteiger partial charge is 0.490 e. The van der Waals surface area contributed by atoms with E-state index in [1.54, 1.807) is 40.5 Å². The summed E-state index contributed by atoms with van der Waals surface area (Å²) in [5.41, 5.74) is 0.567. The summed E-state index contributed by atoms with van der Waals surface area (Å²) in [6.45, 7) is 8.58. The Balaban J connectivity index is 1.78. The SMILES string of the molecule is C=CCN1C(=O)C(C)(C)COc2ccc(NC(=O)NCc3cccs3)cc21. The van der Waals surface area contributed by atoms with Crippen LogP contribution in [0.4, 0.5) is 16.2 Å². The van der Waals surface area contributed by atoms with Crippen LogP contribution in [0.25, 0.3) is 0 Å². The van der Waals surface area contributed by atoms with Gasteiger partial charge in [-0.3, -0.25) is 4.79 Å². The first-order chi connectivity index (χ1) is 12.9. The van der Waals surface area contributed by atoms with Crippen LogP contribution in [0, 0.1) is 5.41 Å². The maximum atomic E-state index is 12.9. The highest BCUT2D eigenvalue weighted by Gasteiger charge is 2.37. The summed E-state index contributed by atoms with van der Waals surface area (Å²) in [6.07, 6.45) is 1.68. The third-order valence-electron chi connectivity index (χ3n) is 4.24. The Morgan fingerprint density at radius 2 is 2.22 bits per heavy atom. The minimum absolute atomic E-state index is 0.0413. The van der Waals surface area contributed by atoms with E-state index in [-0.39, 0.29) is 11.9 Å². The summed E-state index contributed by atoms with van der Waals surface area (Å²) in [5, 5.41) is 7.59. The molecule has 0 saturated heterocycles. The van der Waals surface area contributed by atoms with Crippen molar-refractivity contribution in [1.29, 1.82) is 0 Å². The molecule has 0 spiro atoms. The summed E-state index contributed by atoms with van der Waals surface area (Å²) in [4.78, 5) is 27.8. The van der Waals surface area contributed by atoms with Crippen molar-refractivity contribution >= 4 is 34.6 Å². The smallest absolute Gasteiger partial charge is 0.319 e. The fraction of sp³-hybridized carbons (Fsp3) is 0.300. The van der Waals surface area contributed by atoms with Crippen LogP contribution < -0.4 is 20.3 Å². The number of benzene rings is 1. The molecule has 0 bridgehead atoms. The number of amides is 3. The number of ether oxygens (including phenoxy) is 1. The topological polar surface area (TPSA) is 70.7 Å². The molecule has 6 nitrogen and oxygen atoms in total. The third-order valence-corrected chi connectivity index (χ3v) is 5.11. The summed E-state index contributed by atoms with van der Waals surface area (Å²) in [5.74, 6) is 0.570. The molecule has 3 amide bonds. The van der Waals surface area contributed by atoms with Gasteiger partial charge in [-0.25, -0.2) is 4.79 Å². The van der Waals surface area contributed by atoms with E-state index in [0.717, 1.165) is 4.88 Å². The number of nitrogens with zero attached hydrogens (tertiary/aromatic N) is 1. The number of carbonyl (C=O) groups excluding carboxylic acids is 2. The van der Waals surface area contributed by atoms with Crippen LogP contribution in [0.1, 0.15) is 18.7 Å². The Bertz CT molecular complexity index is 846. The average molecular weight is 385 g/mol. The van der Waals surface area contributed by atoms with Crippen molar-refractivity contribution in [3.8, 4) is 5.75 Å². The zero-order valence-electron chi connectivity index (χ0n) is 15.5. The fourth-order valence-electron chi connectivity index (χ4n) is 2.79. The lowest BCUT2D eigenvalue weighted by Gasteiger charge is -2.27. The van der Waals surface area contributed by atoms with Gasteiger partial charge in [-0.15, -0.1) is 17.9 Å². The second kappa shape index (κ2) is 7.84. The number of carbonyl (C=O) groups is 2. The van der Waals surface area contributed by atoms with Crippen molar-refractivity contribution in [1.82, 2.24) is 5.32 Å². The molecule has 2 heterocycles. The second-order valence-electron chi connectivity index (χ2n) is 6.95. The molecule has 0 aliphatic carbocycles. The number of fused-ring (bicyclic) bond motifs is 1. The van der Waals surface area contributed by atoms with Gasteiger partial charge in [-0.2, -0.15) is 0 Å². The fourth-order valence-corrected chi connectivity index (χ4v) is 3.43. The van der Waals surface area contributed by atoms with E-state index in [4.69, 9.17) is 4.74 Å². The van der Waals surface area contributed by atoms with E-state index >= 15 is 0 Å². The van der Waals surface area contributed by atoms with E-state index < -0.39 is 5.41 Å². The highest BCUT2D eigenvalue weighted by molar-refractivity contribution is 7.09. The van der Waals surface area contributed by atoms with Crippen LogP contribution in [-0.4, -0.2) is 25.1 Å². The maximum Gasteiger partial charge on any atom is 0.319 e. The number of rotatable bonds is 5. The zero-order chi connectivity index (χ0) is 19.4. The number of hydrogen-bond donors (Lipinski definition) is 2. The van der Waals surface area contributed by atoms with Crippen LogP contribution in [0.3, 0.4) is 0 Å². The molecule has 142 valence electrons. The van der Waals surface area contributed by atoms with Crippen LogP contribution >= 0.6 is 11.3 Å². The number of nitrogens with one attached hydrogen (secondary N) is 2. The van der Waals surface area contributed by atoms with Gasteiger partial charge in [0.15, 0.2) is 0 Å². The van der Waals surface area contributed by atoms with Crippen molar-refractivity contribution in [3.63, 3.8) is 0 Å². The Hall–Kier alpha value is -2.80. The molecule has 0 atom stereocenters. The van der Waals surface area contributed by atoms with Crippen molar-refractivity contribution in [3.05, 3.63) is 53.2 Å². The van der Waals surface area contributed by atoms with Crippen LogP contribution in [-0.2, 0) is 11.3 Å². The zero-order valence-corrected chi connectivity index (χ0v) is 16.3. The molecule has 1 aromatic heterocycles. The third kappa shape index (κ3) is 4.31. The number of urea groups is 1. The Morgan fingerprint density at radius 3 is 2.93 bits per heavy atom. The quantitative estimate of drug-likeness (QED) is 0.764. The highest BCUT2D eigenvalue weighted by atomic mass is 32.1. The molecule has 0 fully saturated rings. The predicted molar refractivity (Wildman–Crippen MR) is 108 cm³/mol. The number of thiophene rings is 1. The lowest BCUT2D eigenvalue weighted by Crippen LogP contribution is -2.42. The van der Waals surface area contributed by atoms with Gasteiger partial charge in [0, 0.05) is 17.1 Å². The molecule has 0 saturated carbocycles. The van der Waals surface area contributed by atoms with Gasteiger partial charge in [-0.1, -0.05) is 12.1 Å². The Kier molecular flexibility index (Phi) is 5.51. The molecular weight excluding hydrogens is 362 g/mol. The first kappa shape index (κ1) is 19.0. The normalized spacial score (nSPS) is 15.3. The Labute approximate surface area is 162 Å². The molecule has 2 aromatic rings. The van der Waals surface area contributed by atoms with Gasteiger partial charge in [0.1, 0.15) is 12.4 Å². The summed E-state index contributed by atoms with van der Waals surface area (Å²) < 4.78 is 5.84. The lowest BCUT2D eigenvalue weighted by atomic mass is 9.93. The lowest BCUT2D eigenvalue weighted by molar-refractivity contribution is -0.127. The molecule has 1 aromatic carbocycles. The molecule has 1 aliphatic rings. The van der Waals surface area contributed by atoms with E-state index in [1.807, 2.05) is 31.4 Å². The molecule has 0 radical (unpaired) electrons. The highest BCUT2D eigenvalue weighted by Crippen LogP contribution is 2.38. The minimum atomic E-state index is -0.645. The monoisotopic (exact) mass is 385 g/mol. The van der Waals surface area contributed by atoms with E-state index in [1.165, 1.54) is 0 Å². The molecule has 27 heavy (non-hydrogen) atoms. The maximum absolute atomic E-state index is 12.9. The number of hydrogen-bond acceptors (Lipinski definition) is 4. The van der Waals surface area contributed by atoms with Crippen LogP contribution in [0.5, 0.6) is 5.75 Å². The van der Waals surface area contributed by atoms with Gasteiger partial charge in [0.05, 0.1) is 17.6 Å². The van der Waals surface area contributed by atoms with Gasteiger partial charge in [0.25, 0.3) is 0 Å². The van der Waals surface area contributed by atoms with Crippen molar-refractivity contribution in [2.24, 2.45) is 5.41 Å². The molecule has 1 aliphatic heterocycles. The number of anilines is 2. The van der Waals surface area contributed by atoms with Gasteiger partial charge < -0.3 is 20.3 Å². The van der Waals surface area contributed by atoms with E-state index in [0.29, 0.717) is 36.8 Å². The van der Waals surface area contributed by atoms with Gasteiger partial charge in [0.2, 0.25) is 5.91 Å². The standard InChI is InChI=1S/C20H23N3O3S/c1-4-9-23-16-11-14(22-19(25)21-12-15-6-5-10-27-15)7-8-17(16)26-13-20(2,3)18(23)24/h4-8,10-11H,1,9,12-13H2,2-3H3,(H2,21,22,25). The van der Waals surface area contributed by atoms with E-state index in [2.05, 4.69) is 17.2 Å². The summed E-state index contributed by atoms with van der Waals surface area (Å²) >= 11 is 1.59. The molecular formula is C20H23N3O3S. The first-order valence-electron chi connectivity index (χ1n) is 8.67. The first-order valence-corrected chi connectivity index (χ1v) is 9.55. The van der Waals surface area contributed by atoms with E-state index in [9.17, 15) is 9.59 Å². The molecule has 0 unspecified atom stereocenters. The van der Waals surface area contributed by atoms with Crippen molar-refractivity contribution in [2.45, 2.75) is 20.4 Å².